The third kappa shape index (κ3) is 8.87. The Morgan fingerprint density at radius 2 is 1.84 bits per heavy atom. The van der Waals surface area contributed by atoms with Crippen LogP contribution in [0.15, 0.2) is 42.6 Å². The Kier molecular flexibility index (Phi) is 12.3. The summed E-state index contributed by atoms with van der Waals surface area (Å²) < 4.78 is 71.6. The number of alkyl halides is 2. The summed E-state index contributed by atoms with van der Waals surface area (Å²) in [6, 6.07) is 4.92. The maximum atomic E-state index is 14.9. The summed E-state index contributed by atoms with van der Waals surface area (Å²) in [4.78, 5) is 62.0. The van der Waals surface area contributed by atoms with Gasteiger partial charge in [0, 0.05) is 23.1 Å². The van der Waals surface area contributed by atoms with Crippen LogP contribution in [0.25, 0.3) is 10.8 Å². The number of benzene rings is 1. The van der Waals surface area contributed by atoms with Crippen molar-refractivity contribution in [2.24, 2.45) is 17.8 Å². The van der Waals surface area contributed by atoms with Gasteiger partial charge in [-0.15, -0.1) is 0 Å². The molecule has 1 aromatic carbocycles. The van der Waals surface area contributed by atoms with Crippen LogP contribution in [-0.2, 0) is 29.1 Å². The quantitative estimate of drug-likeness (QED) is 0.184. The first-order chi connectivity index (χ1) is 27.3. The van der Waals surface area contributed by atoms with Crippen molar-refractivity contribution in [2.45, 2.75) is 126 Å². The maximum Gasteiger partial charge on any atom is 0.422 e. The van der Waals surface area contributed by atoms with Gasteiger partial charge in [0.1, 0.15) is 29.5 Å². The van der Waals surface area contributed by atoms with Gasteiger partial charge in [-0.05, 0) is 77.2 Å². The smallest absolute Gasteiger partial charge is 0.422 e. The largest absolute Gasteiger partial charge is 0.494 e. The summed E-state index contributed by atoms with van der Waals surface area (Å²) in [7, 11) is -2.52. The maximum absolute atomic E-state index is 14.9. The van der Waals surface area contributed by atoms with Crippen molar-refractivity contribution >= 4 is 44.6 Å². The van der Waals surface area contributed by atoms with Crippen molar-refractivity contribution in [1.82, 2.24) is 30.8 Å². The highest BCUT2D eigenvalue weighted by Crippen LogP contribution is 2.48. The number of nitrogens with zero attached hydrogens (tertiary/aromatic N) is 2. The first-order valence-corrected chi connectivity index (χ1v) is 21.3. The predicted molar refractivity (Wildman–Crippen MR) is 209 cm³/mol. The number of nitrogens with one attached hydrogen (secondary N) is 4. The number of halogens is 2. The molecule has 0 bridgehead atoms. The highest BCUT2D eigenvalue weighted by Gasteiger charge is 2.63. The number of fused-ring (bicyclic) bond motifs is 3. The van der Waals surface area contributed by atoms with E-state index in [2.05, 4.69) is 25.9 Å². The van der Waals surface area contributed by atoms with Gasteiger partial charge in [-0.2, -0.15) is 0 Å². The van der Waals surface area contributed by atoms with Crippen LogP contribution in [0.3, 0.4) is 0 Å². The molecule has 3 fully saturated rings. The van der Waals surface area contributed by atoms with Crippen molar-refractivity contribution in [2.75, 3.05) is 13.7 Å². The molecule has 4 aliphatic rings. The number of allylic oxidation sites excluding steroid dienone is 1. The summed E-state index contributed by atoms with van der Waals surface area (Å²) in [5, 5.41) is 4.21. The van der Waals surface area contributed by atoms with Crippen LogP contribution in [0.2, 0.25) is 0 Å². The van der Waals surface area contributed by atoms with E-state index in [1.54, 1.807) is 13.0 Å². The minimum absolute atomic E-state index is 0.0356. The van der Waals surface area contributed by atoms with Gasteiger partial charge in [0.15, 0.2) is 5.60 Å². The van der Waals surface area contributed by atoms with E-state index in [1.165, 1.54) is 18.2 Å². The average molecular weight is 833 g/mol. The highest BCUT2D eigenvalue weighted by atomic mass is 32.2. The number of hydrogen-bond acceptors (Lipinski definition) is 11. The van der Waals surface area contributed by atoms with Crippen LogP contribution in [0, 0.1) is 17.8 Å². The second-order valence-corrected chi connectivity index (χ2v) is 19.1. The zero-order chi connectivity index (χ0) is 42.2. The minimum atomic E-state index is -4.05. The van der Waals surface area contributed by atoms with Gasteiger partial charge in [0.25, 0.3) is 12.3 Å². The fraction of sp³-hybridized carbons (Fsp3) is 0.625. The molecule has 18 heteroatoms. The van der Waals surface area contributed by atoms with E-state index in [0.29, 0.717) is 49.7 Å². The molecule has 1 saturated heterocycles. The Hall–Kier alpha value is -4.58. The van der Waals surface area contributed by atoms with E-state index >= 15 is 0 Å². The Morgan fingerprint density at radius 1 is 1.14 bits per heavy atom. The molecule has 15 nitrogen and oxygen atoms in total. The van der Waals surface area contributed by atoms with Gasteiger partial charge in [-0.3, -0.25) is 24.5 Å². The SMILES string of the molecule is CCC1CC(C)CCC=CC2CC2(C(=O)NS(=O)(=O)C2(C)CC2)NC(=O)C2CC(Oc3ncc(OC)c4ccccc34)CN2C(=O)C1NNC(=O)OC(C)(C)C(F)F. The first-order valence-electron chi connectivity index (χ1n) is 19.8. The zero-order valence-electron chi connectivity index (χ0n) is 33.7. The molecule has 7 unspecified atom stereocenters. The lowest BCUT2D eigenvalue weighted by Crippen LogP contribution is -2.61. The van der Waals surface area contributed by atoms with Gasteiger partial charge in [0.05, 0.1) is 24.6 Å². The number of aromatic nitrogens is 1. The van der Waals surface area contributed by atoms with Crippen LogP contribution in [0.5, 0.6) is 11.6 Å². The lowest BCUT2D eigenvalue weighted by Gasteiger charge is -2.34. The number of pyridine rings is 1. The summed E-state index contributed by atoms with van der Waals surface area (Å²) in [5.41, 5.74) is 1.35. The first kappa shape index (κ1) is 43.0. The molecule has 0 spiro atoms. The molecule has 58 heavy (non-hydrogen) atoms. The molecular formula is C40H54F2N6O9S. The number of carbonyl (C=O) groups is 4. The number of hydrogen-bond donors (Lipinski definition) is 4. The van der Waals surface area contributed by atoms with Crippen LogP contribution in [0.4, 0.5) is 13.6 Å². The van der Waals surface area contributed by atoms with Crippen molar-refractivity contribution < 1.29 is 50.6 Å². The highest BCUT2D eigenvalue weighted by molar-refractivity contribution is 7.91. The van der Waals surface area contributed by atoms with Crippen molar-refractivity contribution in [3.8, 4) is 11.6 Å². The number of methoxy groups -OCH3 is 1. The molecule has 2 aliphatic carbocycles. The Balaban J connectivity index is 1.35. The third-order valence-corrected chi connectivity index (χ3v) is 14.2. The molecule has 318 valence electrons. The number of sulfonamides is 1. The van der Waals surface area contributed by atoms with E-state index in [4.69, 9.17) is 14.2 Å². The van der Waals surface area contributed by atoms with Crippen molar-refractivity contribution in [1.29, 1.82) is 0 Å². The number of carbonyl (C=O) groups excluding carboxylic acids is 4. The second kappa shape index (κ2) is 16.6. The van der Waals surface area contributed by atoms with Crippen molar-refractivity contribution in [3.05, 3.63) is 42.6 Å². The van der Waals surface area contributed by atoms with E-state index in [1.807, 2.05) is 44.2 Å². The van der Waals surface area contributed by atoms with Crippen LogP contribution in [-0.4, -0.2) is 96.3 Å². The average Bonchev–Trinajstić information content (AvgIpc) is 4.05. The molecule has 4 N–H and O–H groups in total. The summed E-state index contributed by atoms with van der Waals surface area (Å²) in [6.07, 6.45) is 3.47. The Bertz CT molecular complexity index is 2050. The molecule has 6 rings (SSSR count). The number of rotatable bonds is 11. The van der Waals surface area contributed by atoms with E-state index in [0.717, 1.165) is 19.2 Å². The summed E-state index contributed by atoms with van der Waals surface area (Å²) in [6.45, 7) is 7.49. The Labute approximate surface area is 337 Å². The molecule has 1 aromatic heterocycles. The van der Waals surface area contributed by atoms with E-state index in [-0.39, 0.29) is 31.2 Å². The number of hydrazine groups is 1. The van der Waals surface area contributed by atoms with Crippen LogP contribution >= 0.6 is 0 Å². The molecular weight excluding hydrogens is 779 g/mol. The van der Waals surface area contributed by atoms with Crippen LogP contribution < -0.4 is 30.4 Å². The van der Waals surface area contributed by atoms with Gasteiger partial charge in [0.2, 0.25) is 27.7 Å². The van der Waals surface area contributed by atoms with Gasteiger partial charge >= 0.3 is 6.09 Å². The van der Waals surface area contributed by atoms with Gasteiger partial charge < -0.3 is 24.4 Å². The summed E-state index contributed by atoms with van der Waals surface area (Å²) >= 11 is 0. The lowest BCUT2D eigenvalue weighted by atomic mass is 9.85. The van der Waals surface area contributed by atoms with E-state index < -0.39 is 86.2 Å². The molecule has 3 heterocycles. The number of ether oxygens (including phenoxy) is 3. The van der Waals surface area contributed by atoms with Gasteiger partial charge in [-0.25, -0.2) is 32.4 Å². The molecule has 2 saturated carbocycles. The molecule has 2 aliphatic heterocycles. The second-order valence-electron chi connectivity index (χ2n) is 16.9. The molecule has 7 atom stereocenters. The normalized spacial score (nSPS) is 28.7. The topological polar surface area (TPSA) is 194 Å². The molecule has 0 radical (unpaired) electrons. The summed E-state index contributed by atoms with van der Waals surface area (Å²) in [5.74, 6) is -2.23. The van der Waals surface area contributed by atoms with Crippen LogP contribution in [0.1, 0.15) is 86.0 Å². The Morgan fingerprint density at radius 3 is 2.50 bits per heavy atom. The fourth-order valence-electron chi connectivity index (χ4n) is 7.82. The predicted octanol–water partition coefficient (Wildman–Crippen LogP) is 4.51. The lowest BCUT2D eigenvalue weighted by molar-refractivity contribution is -0.142. The monoisotopic (exact) mass is 832 g/mol. The third-order valence-electron chi connectivity index (χ3n) is 12.0. The zero-order valence-corrected chi connectivity index (χ0v) is 34.5. The standard InChI is InChI=1S/C40H54F2N6O9S/c1-7-24-18-23(2)12-8-9-13-25-20-40(25,36(51)47-58(53,54)39(5)16-17-39)44-32(49)29-19-26(56-33-28-15-11-10-14-27(28)30(55-6)21-43-33)22-48(29)34(50)31(24)45-46-37(52)57-38(3,4)35(41)42/h9-11,13-15,21,23-26,29,31,35,45H,7-8,12,16-20,22H2,1-6H3,(H,44,49)(H,46,52)(H,47,51). The molecule has 2 aromatic rings. The van der Waals surface area contributed by atoms with Crippen molar-refractivity contribution in [3.63, 3.8) is 0 Å². The minimum Gasteiger partial charge on any atom is -0.494 e. The van der Waals surface area contributed by atoms with Gasteiger partial charge in [-0.1, -0.05) is 50.6 Å². The molecule has 4 amide bonds. The fourth-order valence-corrected chi connectivity index (χ4v) is 9.13. The van der Waals surface area contributed by atoms with E-state index in [9.17, 15) is 36.4 Å². The number of amides is 4.